The van der Waals surface area contributed by atoms with E-state index in [1.54, 1.807) is 6.92 Å². The number of amides is 1. The third-order valence-electron chi connectivity index (χ3n) is 3.93. The van der Waals surface area contributed by atoms with Crippen molar-refractivity contribution in [1.82, 2.24) is 4.90 Å². The topological polar surface area (TPSA) is 20.3 Å². The molecule has 2 aliphatic rings. The molecule has 2 nitrogen and oxygen atoms in total. The Kier molecular flexibility index (Phi) is 1.90. The molecule has 0 radical (unpaired) electrons. The Labute approximate surface area is 80.3 Å². The third kappa shape index (κ3) is 1.36. The van der Waals surface area contributed by atoms with Crippen molar-refractivity contribution in [1.29, 1.82) is 0 Å². The lowest BCUT2D eigenvalue weighted by atomic mass is 9.83. The maximum Gasteiger partial charge on any atom is 0.219 e. The highest BCUT2D eigenvalue weighted by Gasteiger charge is 2.48. The number of carbonyl (C=O) groups excluding carboxylic acids is 1. The van der Waals surface area contributed by atoms with Gasteiger partial charge in [0.25, 0.3) is 0 Å². The van der Waals surface area contributed by atoms with E-state index in [0.29, 0.717) is 5.41 Å². The van der Waals surface area contributed by atoms with Crippen molar-refractivity contribution >= 4 is 5.91 Å². The van der Waals surface area contributed by atoms with Crippen LogP contribution in [0.3, 0.4) is 0 Å². The van der Waals surface area contributed by atoms with E-state index < -0.39 is 0 Å². The standard InChI is InChI=1S/C11H19NO/c1-8-4-10-6-12(9(2)13)7-11(10,3)5-8/h8,10H,4-7H2,1-3H3/t8-,10+,11-/m1/s1. The Morgan fingerprint density at radius 1 is 1.54 bits per heavy atom. The average molecular weight is 181 g/mol. The van der Waals surface area contributed by atoms with Gasteiger partial charge in [0.05, 0.1) is 0 Å². The first-order chi connectivity index (χ1) is 6.01. The first kappa shape index (κ1) is 9.04. The number of fused-ring (bicyclic) bond motifs is 1. The zero-order valence-electron chi connectivity index (χ0n) is 8.84. The summed E-state index contributed by atoms with van der Waals surface area (Å²) in [6.45, 7) is 8.38. The molecular formula is C11H19NO. The Bertz CT molecular complexity index is 238. The average Bonchev–Trinajstić information content (AvgIpc) is 2.38. The van der Waals surface area contributed by atoms with Crippen LogP contribution in [-0.2, 0) is 4.79 Å². The minimum Gasteiger partial charge on any atom is -0.342 e. The lowest BCUT2D eigenvalue weighted by molar-refractivity contribution is -0.128. The predicted molar refractivity (Wildman–Crippen MR) is 52.2 cm³/mol. The van der Waals surface area contributed by atoms with Crippen molar-refractivity contribution in [2.75, 3.05) is 13.1 Å². The Morgan fingerprint density at radius 3 is 2.77 bits per heavy atom. The molecule has 0 unspecified atom stereocenters. The summed E-state index contributed by atoms with van der Waals surface area (Å²) >= 11 is 0. The van der Waals surface area contributed by atoms with Gasteiger partial charge in [-0.3, -0.25) is 4.79 Å². The first-order valence-corrected chi connectivity index (χ1v) is 5.27. The van der Waals surface area contributed by atoms with Crippen molar-refractivity contribution in [3.8, 4) is 0 Å². The summed E-state index contributed by atoms with van der Waals surface area (Å²) in [5.74, 6) is 1.89. The minimum atomic E-state index is 0.253. The van der Waals surface area contributed by atoms with E-state index in [2.05, 4.69) is 13.8 Å². The summed E-state index contributed by atoms with van der Waals surface area (Å²) in [5.41, 5.74) is 0.436. The van der Waals surface area contributed by atoms with Crippen LogP contribution >= 0.6 is 0 Å². The maximum absolute atomic E-state index is 11.2. The SMILES string of the molecule is CC(=O)N1C[C@@H]2C[C@@H](C)C[C@]2(C)C1. The van der Waals surface area contributed by atoms with Gasteiger partial charge in [0.15, 0.2) is 0 Å². The second kappa shape index (κ2) is 2.73. The van der Waals surface area contributed by atoms with Gasteiger partial charge >= 0.3 is 0 Å². The second-order valence-corrected chi connectivity index (χ2v) is 5.30. The smallest absolute Gasteiger partial charge is 0.219 e. The van der Waals surface area contributed by atoms with E-state index in [-0.39, 0.29) is 5.91 Å². The molecule has 0 spiro atoms. The van der Waals surface area contributed by atoms with Gasteiger partial charge in [-0.2, -0.15) is 0 Å². The van der Waals surface area contributed by atoms with Crippen LogP contribution in [-0.4, -0.2) is 23.9 Å². The molecule has 1 aliphatic heterocycles. The number of rotatable bonds is 0. The molecule has 1 saturated heterocycles. The highest BCUT2D eigenvalue weighted by atomic mass is 16.2. The third-order valence-corrected chi connectivity index (χ3v) is 3.93. The van der Waals surface area contributed by atoms with E-state index in [0.717, 1.165) is 24.9 Å². The summed E-state index contributed by atoms with van der Waals surface area (Å²) in [4.78, 5) is 13.3. The molecule has 3 atom stereocenters. The lowest BCUT2D eigenvalue weighted by Crippen LogP contribution is -2.29. The van der Waals surface area contributed by atoms with E-state index in [9.17, 15) is 4.79 Å². The Morgan fingerprint density at radius 2 is 2.23 bits per heavy atom. The van der Waals surface area contributed by atoms with Crippen LogP contribution in [0.15, 0.2) is 0 Å². The quantitative estimate of drug-likeness (QED) is 0.559. The fourth-order valence-electron chi connectivity index (χ4n) is 3.31. The van der Waals surface area contributed by atoms with Crippen molar-refractivity contribution in [2.24, 2.45) is 17.3 Å². The largest absolute Gasteiger partial charge is 0.342 e. The van der Waals surface area contributed by atoms with Crippen molar-refractivity contribution in [3.63, 3.8) is 0 Å². The monoisotopic (exact) mass is 181 g/mol. The Balaban J connectivity index is 2.10. The molecule has 1 aliphatic carbocycles. The van der Waals surface area contributed by atoms with Crippen LogP contribution in [0.25, 0.3) is 0 Å². The number of carbonyl (C=O) groups is 1. The number of nitrogens with zero attached hydrogens (tertiary/aromatic N) is 1. The maximum atomic E-state index is 11.2. The van der Waals surface area contributed by atoms with Gasteiger partial charge in [0, 0.05) is 20.0 Å². The molecule has 13 heavy (non-hydrogen) atoms. The molecule has 0 aromatic rings. The number of likely N-dealkylation sites (tertiary alicyclic amines) is 1. The molecule has 2 heteroatoms. The Hall–Kier alpha value is -0.530. The first-order valence-electron chi connectivity index (χ1n) is 5.27. The van der Waals surface area contributed by atoms with Gasteiger partial charge < -0.3 is 4.90 Å². The van der Waals surface area contributed by atoms with Gasteiger partial charge in [-0.05, 0) is 30.1 Å². The molecule has 74 valence electrons. The van der Waals surface area contributed by atoms with Crippen molar-refractivity contribution < 1.29 is 4.79 Å². The molecule has 1 heterocycles. The van der Waals surface area contributed by atoms with Crippen LogP contribution in [0.2, 0.25) is 0 Å². The number of hydrogen-bond donors (Lipinski definition) is 0. The van der Waals surface area contributed by atoms with Gasteiger partial charge in [-0.15, -0.1) is 0 Å². The normalized spacial score (nSPS) is 43.8. The molecular weight excluding hydrogens is 162 g/mol. The van der Waals surface area contributed by atoms with E-state index in [4.69, 9.17) is 0 Å². The lowest BCUT2D eigenvalue weighted by Gasteiger charge is -2.23. The summed E-state index contributed by atoms with van der Waals surface area (Å²) in [7, 11) is 0. The zero-order chi connectivity index (χ0) is 9.64. The van der Waals surface area contributed by atoms with E-state index >= 15 is 0 Å². The molecule has 2 fully saturated rings. The second-order valence-electron chi connectivity index (χ2n) is 5.30. The van der Waals surface area contributed by atoms with E-state index in [1.165, 1.54) is 12.8 Å². The van der Waals surface area contributed by atoms with Crippen LogP contribution in [0.5, 0.6) is 0 Å². The predicted octanol–water partition coefficient (Wildman–Crippen LogP) is 1.90. The van der Waals surface area contributed by atoms with Gasteiger partial charge in [-0.25, -0.2) is 0 Å². The van der Waals surface area contributed by atoms with Crippen LogP contribution in [0, 0.1) is 17.3 Å². The van der Waals surface area contributed by atoms with Gasteiger partial charge in [0.1, 0.15) is 0 Å². The van der Waals surface area contributed by atoms with Crippen LogP contribution in [0.1, 0.15) is 33.6 Å². The fraction of sp³-hybridized carbons (Fsp3) is 0.909. The van der Waals surface area contributed by atoms with Gasteiger partial charge in [0.2, 0.25) is 5.91 Å². The van der Waals surface area contributed by atoms with Crippen molar-refractivity contribution in [2.45, 2.75) is 33.6 Å². The van der Waals surface area contributed by atoms with Crippen LogP contribution in [0.4, 0.5) is 0 Å². The highest BCUT2D eigenvalue weighted by molar-refractivity contribution is 5.73. The molecule has 2 rings (SSSR count). The molecule has 0 aromatic carbocycles. The molecule has 0 N–H and O–H groups in total. The number of hydrogen-bond acceptors (Lipinski definition) is 1. The summed E-state index contributed by atoms with van der Waals surface area (Å²) in [6, 6.07) is 0. The van der Waals surface area contributed by atoms with Gasteiger partial charge in [-0.1, -0.05) is 13.8 Å². The fourth-order valence-corrected chi connectivity index (χ4v) is 3.31. The molecule has 0 aromatic heterocycles. The highest BCUT2D eigenvalue weighted by Crippen LogP contribution is 2.50. The zero-order valence-corrected chi connectivity index (χ0v) is 8.84. The van der Waals surface area contributed by atoms with Crippen LogP contribution < -0.4 is 0 Å². The van der Waals surface area contributed by atoms with Crippen molar-refractivity contribution in [3.05, 3.63) is 0 Å². The molecule has 1 amide bonds. The minimum absolute atomic E-state index is 0.253. The molecule has 1 saturated carbocycles. The molecule has 0 bridgehead atoms. The summed E-state index contributed by atoms with van der Waals surface area (Å²) < 4.78 is 0. The summed E-state index contributed by atoms with van der Waals surface area (Å²) in [5, 5.41) is 0. The van der Waals surface area contributed by atoms with E-state index in [1.807, 2.05) is 4.90 Å². The summed E-state index contributed by atoms with van der Waals surface area (Å²) in [6.07, 6.45) is 2.63.